The average molecular weight is 250 g/mol. The Kier molecular flexibility index (Phi) is 4.40. The smallest absolute Gasteiger partial charge is 0.0949 e. The summed E-state index contributed by atoms with van der Waals surface area (Å²) in [5, 5.41) is 0. The number of nitrogens with zero attached hydrogens (tertiary/aromatic N) is 3. The largest absolute Gasteiger partial charge is 0.332 e. The highest BCUT2D eigenvalue weighted by Crippen LogP contribution is 2.21. The first kappa shape index (κ1) is 13.6. The van der Waals surface area contributed by atoms with Crippen molar-refractivity contribution in [1.82, 2.24) is 14.5 Å². The lowest BCUT2D eigenvalue weighted by molar-refractivity contribution is 0.278. The molecule has 1 aromatic rings. The SMILES string of the molecule is CC(C)CC(N)c1cncn1CC1CCCN1C. The van der Waals surface area contributed by atoms with Crippen LogP contribution in [0.15, 0.2) is 12.5 Å². The molecule has 0 saturated carbocycles. The van der Waals surface area contributed by atoms with Crippen molar-refractivity contribution in [1.29, 1.82) is 0 Å². The molecule has 1 aliphatic rings. The first-order valence-electron chi connectivity index (χ1n) is 7.03. The van der Waals surface area contributed by atoms with E-state index in [0.29, 0.717) is 12.0 Å². The molecule has 0 amide bonds. The van der Waals surface area contributed by atoms with Crippen molar-refractivity contribution in [2.75, 3.05) is 13.6 Å². The van der Waals surface area contributed by atoms with Crippen LogP contribution in [0.1, 0.15) is 44.8 Å². The number of rotatable bonds is 5. The van der Waals surface area contributed by atoms with Crippen molar-refractivity contribution in [2.45, 2.75) is 51.7 Å². The normalized spacial score (nSPS) is 22.8. The lowest BCUT2D eigenvalue weighted by atomic mass is 10.0. The van der Waals surface area contributed by atoms with E-state index in [1.54, 1.807) is 0 Å². The molecule has 102 valence electrons. The van der Waals surface area contributed by atoms with E-state index in [9.17, 15) is 0 Å². The first-order valence-corrected chi connectivity index (χ1v) is 7.03. The van der Waals surface area contributed by atoms with E-state index in [1.165, 1.54) is 25.1 Å². The summed E-state index contributed by atoms with van der Waals surface area (Å²) in [5.74, 6) is 0.623. The van der Waals surface area contributed by atoms with Crippen molar-refractivity contribution in [3.8, 4) is 0 Å². The third-order valence-corrected chi connectivity index (χ3v) is 3.93. The molecular formula is C14H26N4. The molecule has 2 heterocycles. The summed E-state index contributed by atoms with van der Waals surface area (Å²) in [7, 11) is 2.21. The molecule has 2 unspecified atom stereocenters. The van der Waals surface area contributed by atoms with Gasteiger partial charge in [0.25, 0.3) is 0 Å². The summed E-state index contributed by atoms with van der Waals surface area (Å²) in [6.07, 6.45) is 7.48. The zero-order chi connectivity index (χ0) is 13.1. The molecule has 1 fully saturated rings. The predicted octanol–water partition coefficient (Wildman–Crippen LogP) is 2.02. The van der Waals surface area contributed by atoms with Gasteiger partial charge in [-0.1, -0.05) is 13.8 Å². The van der Waals surface area contributed by atoms with Gasteiger partial charge >= 0.3 is 0 Å². The lowest BCUT2D eigenvalue weighted by Crippen LogP contribution is -2.30. The van der Waals surface area contributed by atoms with Gasteiger partial charge in [-0.25, -0.2) is 4.98 Å². The molecule has 0 spiro atoms. The highest BCUT2D eigenvalue weighted by molar-refractivity contribution is 5.05. The fourth-order valence-electron chi connectivity index (χ4n) is 2.86. The van der Waals surface area contributed by atoms with Gasteiger partial charge in [-0.05, 0) is 38.8 Å². The summed E-state index contributed by atoms with van der Waals surface area (Å²) >= 11 is 0. The average Bonchev–Trinajstić information content (AvgIpc) is 2.88. The van der Waals surface area contributed by atoms with Gasteiger partial charge in [-0.2, -0.15) is 0 Å². The van der Waals surface area contributed by atoms with Gasteiger partial charge in [0.2, 0.25) is 0 Å². The monoisotopic (exact) mass is 250 g/mol. The van der Waals surface area contributed by atoms with Crippen LogP contribution in [0.2, 0.25) is 0 Å². The Balaban J connectivity index is 2.03. The van der Waals surface area contributed by atoms with Crippen molar-refractivity contribution in [3.05, 3.63) is 18.2 Å². The zero-order valence-corrected chi connectivity index (χ0v) is 11.8. The molecule has 0 bridgehead atoms. The van der Waals surface area contributed by atoms with Crippen molar-refractivity contribution < 1.29 is 0 Å². The van der Waals surface area contributed by atoms with Gasteiger partial charge in [-0.15, -0.1) is 0 Å². The Morgan fingerprint density at radius 1 is 1.50 bits per heavy atom. The second-order valence-electron chi connectivity index (χ2n) is 5.98. The van der Waals surface area contributed by atoms with E-state index < -0.39 is 0 Å². The second kappa shape index (κ2) is 5.85. The molecule has 0 radical (unpaired) electrons. The summed E-state index contributed by atoms with van der Waals surface area (Å²) in [6, 6.07) is 0.753. The minimum absolute atomic E-state index is 0.110. The molecular weight excluding hydrogens is 224 g/mol. The van der Waals surface area contributed by atoms with E-state index in [1.807, 2.05) is 12.5 Å². The second-order valence-corrected chi connectivity index (χ2v) is 5.98. The van der Waals surface area contributed by atoms with Gasteiger partial charge in [0.05, 0.1) is 12.0 Å². The minimum atomic E-state index is 0.110. The molecule has 4 heteroatoms. The Morgan fingerprint density at radius 3 is 2.89 bits per heavy atom. The topological polar surface area (TPSA) is 47.1 Å². The number of hydrogen-bond acceptors (Lipinski definition) is 3. The van der Waals surface area contributed by atoms with E-state index in [4.69, 9.17) is 5.73 Å². The van der Waals surface area contributed by atoms with Gasteiger partial charge in [0.1, 0.15) is 0 Å². The van der Waals surface area contributed by atoms with Crippen LogP contribution in [-0.2, 0) is 6.54 Å². The van der Waals surface area contributed by atoms with Crippen LogP contribution in [-0.4, -0.2) is 34.1 Å². The number of hydrogen-bond donors (Lipinski definition) is 1. The Morgan fingerprint density at radius 2 is 2.28 bits per heavy atom. The van der Waals surface area contributed by atoms with Crippen molar-refractivity contribution in [2.24, 2.45) is 11.7 Å². The molecule has 0 aromatic carbocycles. The molecule has 18 heavy (non-hydrogen) atoms. The molecule has 1 aromatic heterocycles. The molecule has 4 nitrogen and oxygen atoms in total. The van der Waals surface area contributed by atoms with Gasteiger partial charge in [0, 0.05) is 24.8 Å². The molecule has 2 atom stereocenters. The fraction of sp³-hybridized carbons (Fsp3) is 0.786. The standard InChI is InChI=1S/C14H26N4/c1-11(2)7-13(15)14-8-16-10-18(14)9-12-5-4-6-17(12)3/h8,10-13H,4-7,9,15H2,1-3H3. The molecule has 1 saturated heterocycles. The van der Waals surface area contributed by atoms with E-state index >= 15 is 0 Å². The van der Waals surface area contributed by atoms with E-state index in [-0.39, 0.29) is 6.04 Å². The minimum Gasteiger partial charge on any atom is -0.332 e. The maximum Gasteiger partial charge on any atom is 0.0949 e. The first-order chi connectivity index (χ1) is 8.58. The van der Waals surface area contributed by atoms with Crippen LogP contribution < -0.4 is 5.73 Å². The highest BCUT2D eigenvalue weighted by atomic mass is 15.2. The molecule has 0 aliphatic carbocycles. The number of likely N-dealkylation sites (N-methyl/N-ethyl adjacent to an activating group) is 1. The Bertz CT molecular complexity index is 372. The number of aromatic nitrogens is 2. The molecule has 1 aliphatic heterocycles. The van der Waals surface area contributed by atoms with Gasteiger partial charge < -0.3 is 15.2 Å². The van der Waals surface area contributed by atoms with Gasteiger partial charge in [-0.3, -0.25) is 0 Å². The zero-order valence-electron chi connectivity index (χ0n) is 11.8. The quantitative estimate of drug-likeness (QED) is 0.869. The summed E-state index contributed by atoms with van der Waals surface area (Å²) in [5.41, 5.74) is 7.46. The fourth-order valence-corrected chi connectivity index (χ4v) is 2.86. The number of nitrogens with two attached hydrogens (primary N) is 1. The van der Waals surface area contributed by atoms with Gasteiger partial charge in [0.15, 0.2) is 0 Å². The van der Waals surface area contributed by atoms with Crippen LogP contribution in [0.5, 0.6) is 0 Å². The Hall–Kier alpha value is -0.870. The predicted molar refractivity (Wildman–Crippen MR) is 74.3 cm³/mol. The summed E-state index contributed by atoms with van der Waals surface area (Å²) < 4.78 is 2.25. The highest BCUT2D eigenvalue weighted by Gasteiger charge is 2.22. The van der Waals surface area contributed by atoms with E-state index in [0.717, 1.165) is 13.0 Å². The summed E-state index contributed by atoms with van der Waals surface area (Å²) in [6.45, 7) is 6.67. The number of likely N-dealkylation sites (tertiary alicyclic amines) is 1. The molecule has 2 N–H and O–H groups in total. The third kappa shape index (κ3) is 3.12. The van der Waals surface area contributed by atoms with Crippen LogP contribution in [0.25, 0.3) is 0 Å². The lowest BCUT2D eigenvalue weighted by Gasteiger charge is -2.23. The van der Waals surface area contributed by atoms with E-state index in [2.05, 4.69) is 35.3 Å². The maximum atomic E-state index is 6.28. The van der Waals surface area contributed by atoms with Crippen LogP contribution in [0, 0.1) is 5.92 Å². The van der Waals surface area contributed by atoms with Crippen molar-refractivity contribution >= 4 is 0 Å². The van der Waals surface area contributed by atoms with Crippen LogP contribution in [0.3, 0.4) is 0 Å². The van der Waals surface area contributed by atoms with Crippen LogP contribution in [0.4, 0.5) is 0 Å². The third-order valence-electron chi connectivity index (χ3n) is 3.93. The number of imidazole rings is 1. The van der Waals surface area contributed by atoms with Crippen LogP contribution >= 0.6 is 0 Å². The summed E-state index contributed by atoms with van der Waals surface area (Å²) in [4.78, 5) is 6.72. The maximum absolute atomic E-state index is 6.28. The van der Waals surface area contributed by atoms with Crippen molar-refractivity contribution in [3.63, 3.8) is 0 Å². The molecule has 2 rings (SSSR count). The Labute approximate surface area is 110 Å².